The number of rotatable bonds is 5. The van der Waals surface area contributed by atoms with E-state index >= 15 is 0 Å². The summed E-state index contributed by atoms with van der Waals surface area (Å²) in [4.78, 5) is 4.29. The molecule has 2 rings (SSSR count). The monoisotopic (exact) mass is 247 g/mol. The van der Waals surface area contributed by atoms with E-state index in [2.05, 4.69) is 30.2 Å². The number of fused-ring (bicyclic) bond motifs is 1. The molecule has 4 heteroatoms. The molecule has 1 aromatic carbocycles. The molecule has 1 heterocycles. The first kappa shape index (κ1) is 13.1. The van der Waals surface area contributed by atoms with Gasteiger partial charge in [-0.15, -0.1) is 0 Å². The second-order valence-corrected chi connectivity index (χ2v) is 5.31. The Bertz CT molecular complexity index is 531. The van der Waals surface area contributed by atoms with Crippen LogP contribution in [0.5, 0.6) is 0 Å². The summed E-state index contributed by atoms with van der Waals surface area (Å²) in [5, 5.41) is 3.51. The Morgan fingerprint density at radius 2 is 2.17 bits per heavy atom. The SMILES string of the molecule is Cc1nc2ccc(CNC(C)(C)CCN)cc2o1. The number of aryl methyl sites for hydroxylation is 1. The number of nitrogens with zero attached hydrogens (tertiary/aromatic N) is 1. The number of oxazole rings is 1. The number of benzene rings is 1. The standard InChI is InChI=1S/C14H21N3O/c1-10-17-12-5-4-11(8-13(12)18-10)9-16-14(2,3)6-7-15/h4-5,8,16H,6-7,9,15H2,1-3H3. The van der Waals surface area contributed by atoms with Crippen molar-refractivity contribution in [2.45, 2.75) is 39.3 Å². The molecule has 0 atom stereocenters. The second kappa shape index (κ2) is 5.08. The van der Waals surface area contributed by atoms with Crippen LogP contribution in [0.1, 0.15) is 31.7 Å². The number of hydrogen-bond acceptors (Lipinski definition) is 4. The lowest BCUT2D eigenvalue weighted by atomic mass is 10.0. The molecule has 0 saturated heterocycles. The first-order valence-electron chi connectivity index (χ1n) is 6.31. The Kier molecular flexibility index (Phi) is 3.68. The zero-order valence-electron chi connectivity index (χ0n) is 11.3. The molecular weight excluding hydrogens is 226 g/mol. The minimum atomic E-state index is 0.0566. The smallest absolute Gasteiger partial charge is 0.192 e. The average molecular weight is 247 g/mol. The molecule has 0 aliphatic heterocycles. The first-order valence-corrected chi connectivity index (χ1v) is 6.31. The van der Waals surface area contributed by atoms with Gasteiger partial charge in [-0.1, -0.05) is 6.07 Å². The Balaban J connectivity index is 2.07. The maximum absolute atomic E-state index is 5.60. The third-order valence-corrected chi connectivity index (χ3v) is 3.10. The molecule has 18 heavy (non-hydrogen) atoms. The molecule has 0 aliphatic rings. The molecule has 4 nitrogen and oxygen atoms in total. The summed E-state index contributed by atoms with van der Waals surface area (Å²) in [5.74, 6) is 0.707. The lowest BCUT2D eigenvalue weighted by molar-refractivity contribution is 0.365. The second-order valence-electron chi connectivity index (χ2n) is 5.31. The third-order valence-electron chi connectivity index (χ3n) is 3.10. The minimum absolute atomic E-state index is 0.0566. The van der Waals surface area contributed by atoms with Crippen LogP contribution in [-0.4, -0.2) is 17.1 Å². The number of nitrogens with two attached hydrogens (primary N) is 1. The number of hydrogen-bond donors (Lipinski definition) is 2. The van der Waals surface area contributed by atoms with E-state index < -0.39 is 0 Å². The molecule has 0 bridgehead atoms. The Morgan fingerprint density at radius 1 is 1.39 bits per heavy atom. The topological polar surface area (TPSA) is 64.1 Å². The van der Waals surface area contributed by atoms with E-state index in [1.54, 1.807) is 0 Å². The van der Waals surface area contributed by atoms with Gasteiger partial charge in [0.1, 0.15) is 5.52 Å². The normalized spacial score (nSPS) is 12.2. The molecule has 0 amide bonds. The molecule has 0 radical (unpaired) electrons. The highest BCUT2D eigenvalue weighted by atomic mass is 16.3. The Labute approximate surface area is 108 Å². The molecule has 0 unspecified atom stereocenters. The number of nitrogens with one attached hydrogen (secondary N) is 1. The van der Waals surface area contributed by atoms with Crippen molar-refractivity contribution in [2.75, 3.05) is 6.54 Å². The fourth-order valence-corrected chi connectivity index (χ4v) is 1.98. The van der Waals surface area contributed by atoms with Crippen LogP contribution in [0.2, 0.25) is 0 Å². The van der Waals surface area contributed by atoms with E-state index in [4.69, 9.17) is 10.2 Å². The van der Waals surface area contributed by atoms with Crippen LogP contribution < -0.4 is 11.1 Å². The van der Waals surface area contributed by atoms with Crippen molar-refractivity contribution in [3.63, 3.8) is 0 Å². The van der Waals surface area contributed by atoms with Crippen LogP contribution >= 0.6 is 0 Å². The zero-order valence-corrected chi connectivity index (χ0v) is 11.3. The van der Waals surface area contributed by atoms with Crippen LogP contribution in [-0.2, 0) is 6.54 Å². The molecule has 0 spiro atoms. The highest BCUT2D eigenvalue weighted by Gasteiger charge is 2.15. The minimum Gasteiger partial charge on any atom is -0.441 e. The summed E-state index contributed by atoms with van der Waals surface area (Å²) in [6, 6.07) is 6.12. The highest BCUT2D eigenvalue weighted by molar-refractivity contribution is 5.73. The van der Waals surface area contributed by atoms with Gasteiger partial charge in [-0.25, -0.2) is 4.98 Å². The number of aromatic nitrogens is 1. The maximum atomic E-state index is 5.60. The van der Waals surface area contributed by atoms with Gasteiger partial charge in [0, 0.05) is 19.0 Å². The summed E-state index contributed by atoms with van der Waals surface area (Å²) in [6.45, 7) is 7.69. The summed E-state index contributed by atoms with van der Waals surface area (Å²) < 4.78 is 5.53. The van der Waals surface area contributed by atoms with E-state index in [0.717, 1.165) is 24.1 Å². The van der Waals surface area contributed by atoms with E-state index in [-0.39, 0.29) is 5.54 Å². The largest absolute Gasteiger partial charge is 0.441 e. The van der Waals surface area contributed by atoms with Crippen LogP contribution in [0.4, 0.5) is 0 Å². The van der Waals surface area contributed by atoms with Crippen molar-refractivity contribution in [1.82, 2.24) is 10.3 Å². The fourth-order valence-electron chi connectivity index (χ4n) is 1.98. The average Bonchev–Trinajstić information content (AvgIpc) is 2.65. The Morgan fingerprint density at radius 3 is 2.89 bits per heavy atom. The van der Waals surface area contributed by atoms with Crippen LogP contribution in [0.3, 0.4) is 0 Å². The van der Waals surface area contributed by atoms with Crippen molar-refractivity contribution in [3.05, 3.63) is 29.7 Å². The lowest BCUT2D eigenvalue weighted by Gasteiger charge is -2.25. The molecule has 98 valence electrons. The maximum Gasteiger partial charge on any atom is 0.192 e. The molecular formula is C14H21N3O. The van der Waals surface area contributed by atoms with Gasteiger partial charge in [0.15, 0.2) is 11.5 Å². The molecule has 1 aromatic heterocycles. The van der Waals surface area contributed by atoms with E-state index in [1.165, 1.54) is 5.56 Å². The molecule has 0 aliphatic carbocycles. The lowest BCUT2D eigenvalue weighted by Crippen LogP contribution is -2.40. The summed E-state index contributed by atoms with van der Waals surface area (Å²) in [5.41, 5.74) is 8.62. The van der Waals surface area contributed by atoms with Gasteiger partial charge in [0.25, 0.3) is 0 Å². The van der Waals surface area contributed by atoms with Gasteiger partial charge in [0.05, 0.1) is 0 Å². The summed E-state index contributed by atoms with van der Waals surface area (Å²) in [7, 11) is 0. The quantitative estimate of drug-likeness (QED) is 0.851. The van der Waals surface area contributed by atoms with Gasteiger partial charge >= 0.3 is 0 Å². The Hall–Kier alpha value is -1.39. The van der Waals surface area contributed by atoms with Gasteiger partial charge in [0.2, 0.25) is 0 Å². The van der Waals surface area contributed by atoms with Crippen molar-refractivity contribution in [1.29, 1.82) is 0 Å². The first-order chi connectivity index (χ1) is 8.50. The molecule has 0 saturated carbocycles. The van der Waals surface area contributed by atoms with Crippen LogP contribution in [0.15, 0.2) is 22.6 Å². The van der Waals surface area contributed by atoms with Crippen LogP contribution in [0.25, 0.3) is 11.1 Å². The van der Waals surface area contributed by atoms with Crippen molar-refractivity contribution in [3.8, 4) is 0 Å². The summed E-state index contributed by atoms with van der Waals surface area (Å²) in [6.07, 6.45) is 0.955. The van der Waals surface area contributed by atoms with E-state index in [1.807, 2.05) is 19.1 Å². The molecule has 0 fully saturated rings. The van der Waals surface area contributed by atoms with E-state index in [9.17, 15) is 0 Å². The summed E-state index contributed by atoms with van der Waals surface area (Å²) >= 11 is 0. The van der Waals surface area contributed by atoms with Crippen molar-refractivity contribution >= 4 is 11.1 Å². The fraction of sp³-hybridized carbons (Fsp3) is 0.500. The predicted octanol–water partition coefficient (Wildman–Crippen LogP) is 2.35. The van der Waals surface area contributed by atoms with E-state index in [0.29, 0.717) is 12.4 Å². The molecule has 2 aromatic rings. The van der Waals surface area contributed by atoms with Crippen molar-refractivity contribution in [2.24, 2.45) is 5.73 Å². The van der Waals surface area contributed by atoms with Gasteiger partial charge in [-0.2, -0.15) is 0 Å². The van der Waals surface area contributed by atoms with Crippen molar-refractivity contribution < 1.29 is 4.42 Å². The van der Waals surface area contributed by atoms with Gasteiger partial charge in [-0.3, -0.25) is 0 Å². The zero-order chi connectivity index (χ0) is 13.2. The third kappa shape index (κ3) is 3.09. The highest BCUT2D eigenvalue weighted by Crippen LogP contribution is 2.17. The van der Waals surface area contributed by atoms with Crippen LogP contribution in [0, 0.1) is 6.92 Å². The predicted molar refractivity (Wildman–Crippen MR) is 73.3 cm³/mol. The van der Waals surface area contributed by atoms with Gasteiger partial charge in [-0.05, 0) is 44.5 Å². The molecule has 3 N–H and O–H groups in total. The van der Waals surface area contributed by atoms with Gasteiger partial charge < -0.3 is 15.5 Å².